The smallest absolute Gasteiger partial charge is 0.0372 e. The molecule has 4 heteroatoms. The van der Waals surface area contributed by atoms with E-state index >= 15 is 0 Å². The lowest BCUT2D eigenvalue weighted by atomic mass is 9.92. The zero-order valence-electron chi connectivity index (χ0n) is 13.7. The molecule has 2 rings (SSSR count). The molecule has 0 saturated heterocycles. The van der Waals surface area contributed by atoms with Gasteiger partial charge < -0.3 is 9.80 Å². The van der Waals surface area contributed by atoms with Crippen LogP contribution in [-0.2, 0) is 0 Å². The van der Waals surface area contributed by atoms with Crippen LogP contribution in [0.1, 0.15) is 24.0 Å². The molecule has 0 atom stereocenters. The number of benzene rings is 2. The number of nitrogens with zero attached hydrogens (tertiary/aromatic N) is 2. The highest BCUT2D eigenvalue weighted by Gasteiger charge is 2.16. The first-order valence-corrected chi connectivity index (χ1v) is 8.83. The van der Waals surface area contributed by atoms with Gasteiger partial charge in [-0.25, -0.2) is 0 Å². The third-order valence-electron chi connectivity index (χ3n) is 3.93. The molecule has 0 N–H and O–H groups in total. The van der Waals surface area contributed by atoms with E-state index in [1.54, 1.807) is 0 Å². The lowest BCUT2D eigenvalue weighted by Crippen LogP contribution is -2.10. The van der Waals surface area contributed by atoms with Gasteiger partial charge in [-0.05, 0) is 35.4 Å². The van der Waals surface area contributed by atoms with E-state index in [-0.39, 0.29) is 0 Å². The minimum Gasteiger partial charge on any atom is -0.378 e. The average molecular weight is 426 g/mol. The second kappa shape index (κ2) is 7.05. The predicted octanol–water partition coefficient (Wildman–Crippen LogP) is 5.50. The number of hydrogen-bond donors (Lipinski definition) is 0. The Labute approximate surface area is 150 Å². The van der Waals surface area contributed by atoms with Crippen LogP contribution >= 0.6 is 31.9 Å². The van der Waals surface area contributed by atoms with Crippen molar-refractivity contribution in [1.82, 2.24) is 0 Å². The Balaban J connectivity index is 2.38. The molecule has 2 aromatic rings. The Morgan fingerprint density at radius 2 is 1.09 bits per heavy atom. The van der Waals surface area contributed by atoms with Crippen LogP contribution in [0.5, 0.6) is 0 Å². The molecular weight excluding hydrogens is 404 g/mol. The second-order valence-corrected chi connectivity index (χ2v) is 7.63. The molecule has 0 aliphatic heterocycles. The zero-order chi connectivity index (χ0) is 16.4. The number of hydrogen-bond acceptors (Lipinski definition) is 2. The fraction of sp³-hybridized carbons (Fsp3) is 0.333. The van der Waals surface area contributed by atoms with Gasteiger partial charge in [-0.1, -0.05) is 50.9 Å². The Kier molecular flexibility index (Phi) is 5.56. The molecular formula is C18H22Br2N2. The summed E-state index contributed by atoms with van der Waals surface area (Å²) in [5.74, 6) is 0.316. The quantitative estimate of drug-likeness (QED) is 0.638. The molecule has 0 radical (unpaired) electrons. The minimum atomic E-state index is 0.316. The zero-order valence-corrected chi connectivity index (χ0v) is 16.9. The van der Waals surface area contributed by atoms with Crippen LogP contribution in [0.3, 0.4) is 0 Å². The van der Waals surface area contributed by atoms with Gasteiger partial charge in [0.2, 0.25) is 0 Å². The van der Waals surface area contributed by atoms with Crippen molar-refractivity contribution < 1.29 is 0 Å². The van der Waals surface area contributed by atoms with E-state index in [0.29, 0.717) is 5.92 Å². The summed E-state index contributed by atoms with van der Waals surface area (Å²) in [6.45, 7) is 2.24. The van der Waals surface area contributed by atoms with Crippen molar-refractivity contribution in [2.24, 2.45) is 0 Å². The van der Waals surface area contributed by atoms with Crippen molar-refractivity contribution in [2.45, 2.75) is 12.8 Å². The molecule has 0 amide bonds. The summed E-state index contributed by atoms with van der Waals surface area (Å²) in [5.41, 5.74) is 4.99. The summed E-state index contributed by atoms with van der Waals surface area (Å²) in [7, 11) is 8.23. The van der Waals surface area contributed by atoms with Crippen molar-refractivity contribution in [3.8, 4) is 0 Å². The van der Waals surface area contributed by atoms with Gasteiger partial charge >= 0.3 is 0 Å². The van der Waals surface area contributed by atoms with E-state index in [9.17, 15) is 0 Å². The molecule has 0 heterocycles. The largest absolute Gasteiger partial charge is 0.378 e. The van der Waals surface area contributed by atoms with Crippen molar-refractivity contribution in [1.29, 1.82) is 0 Å². The maximum atomic E-state index is 3.73. The highest BCUT2D eigenvalue weighted by atomic mass is 79.9. The molecule has 2 nitrogen and oxygen atoms in total. The predicted molar refractivity (Wildman–Crippen MR) is 104 cm³/mol. The highest BCUT2D eigenvalue weighted by Crippen LogP contribution is 2.36. The van der Waals surface area contributed by atoms with Gasteiger partial charge in [0, 0.05) is 54.4 Å². The first kappa shape index (κ1) is 17.4. The van der Waals surface area contributed by atoms with Crippen LogP contribution in [0.15, 0.2) is 45.3 Å². The molecule has 0 unspecified atom stereocenters. The molecule has 2 aromatic carbocycles. The van der Waals surface area contributed by atoms with Gasteiger partial charge in [0.1, 0.15) is 0 Å². The minimum absolute atomic E-state index is 0.316. The normalized spacial score (nSPS) is 10.9. The Morgan fingerprint density at radius 3 is 1.36 bits per heavy atom. The van der Waals surface area contributed by atoms with Crippen LogP contribution in [0.2, 0.25) is 0 Å². The molecule has 0 aliphatic rings. The fourth-order valence-corrected chi connectivity index (χ4v) is 3.88. The number of halogens is 2. The summed E-state index contributed by atoms with van der Waals surface area (Å²) in [4.78, 5) is 4.22. The summed E-state index contributed by atoms with van der Waals surface area (Å²) >= 11 is 7.45. The average Bonchev–Trinajstić information content (AvgIpc) is 2.46. The third-order valence-corrected chi connectivity index (χ3v) is 5.31. The topological polar surface area (TPSA) is 6.48 Å². The molecule has 0 fully saturated rings. The molecule has 0 saturated carbocycles. The molecule has 0 aliphatic carbocycles. The van der Waals surface area contributed by atoms with Gasteiger partial charge in [0.15, 0.2) is 0 Å². The standard InChI is InChI=1S/C18H22Br2N2/c1-12(15-8-6-13(21(2)3)10-17(15)19)16-9-7-14(22(4)5)11-18(16)20/h6-12H,1-5H3. The maximum absolute atomic E-state index is 3.73. The van der Waals surface area contributed by atoms with Crippen molar-refractivity contribution in [2.75, 3.05) is 38.0 Å². The van der Waals surface area contributed by atoms with E-state index in [4.69, 9.17) is 0 Å². The lowest BCUT2D eigenvalue weighted by molar-refractivity contribution is 0.907. The van der Waals surface area contributed by atoms with Gasteiger partial charge in [-0.3, -0.25) is 0 Å². The van der Waals surface area contributed by atoms with Crippen LogP contribution < -0.4 is 9.80 Å². The molecule has 118 valence electrons. The lowest BCUT2D eigenvalue weighted by Gasteiger charge is -2.20. The van der Waals surface area contributed by atoms with Crippen LogP contribution in [0, 0.1) is 0 Å². The first-order chi connectivity index (χ1) is 10.3. The van der Waals surface area contributed by atoms with E-state index in [0.717, 1.165) is 8.95 Å². The summed E-state index contributed by atoms with van der Waals surface area (Å²) in [6.07, 6.45) is 0. The van der Waals surface area contributed by atoms with Gasteiger partial charge in [-0.2, -0.15) is 0 Å². The van der Waals surface area contributed by atoms with E-state index in [1.165, 1.54) is 22.5 Å². The monoisotopic (exact) mass is 424 g/mol. The number of anilines is 2. The Morgan fingerprint density at radius 1 is 0.727 bits per heavy atom. The Bertz CT molecular complexity index is 609. The summed E-state index contributed by atoms with van der Waals surface area (Å²) in [5, 5.41) is 0. The molecule has 0 spiro atoms. The number of rotatable bonds is 4. The van der Waals surface area contributed by atoms with Crippen molar-refractivity contribution in [3.63, 3.8) is 0 Å². The van der Waals surface area contributed by atoms with Gasteiger partial charge in [-0.15, -0.1) is 0 Å². The molecule has 0 aromatic heterocycles. The second-order valence-electron chi connectivity index (χ2n) is 5.92. The van der Waals surface area contributed by atoms with E-state index in [1.807, 2.05) is 0 Å². The van der Waals surface area contributed by atoms with Gasteiger partial charge in [0.25, 0.3) is 0 Å². The molecule has 22 heavy (non-hydrogen) atoms. The first-order valence-electron chi connectivity index (χ1n) is 7.24. The van der Waals surface area contributed by atoms with E-state index < -0.39 is 0 Å². The summed E-state index contributed by atoms with van der Waals surface area (Å²) < 4.78 is 2.30. The van der Waals surface area contributed by atoms with Crippen LogP contribution in [0.4, 0.5) is 11.4 Å². The highest BCUT2D eigenvalue weighted by molar-refractivity contribution is 9.10. The van der Waals surface area contributed by atoms with Crippen molar-refractivity contribution in [3.05, 3.63) is 56.5 Å². The SMILES string of the molecule is CC(c1ccc(N(C)C)cc1Br)c1ccc(N(C)C)cc1Br. The van der Waals surface area contributed by atoms with Crippen molar-refractivity contribution >= 4 is 43.2 Å². The maximum Gasteiger partial charge on any atom is 0.0372 e. The van der Waals surface area contributed by atoms with Crippen LogP contribution in [-0.4, -0.2) is 28.2 Å². The third kappa shape index (κ3) is 3.66. The van der Waals surface area contributed by atoms with Crippen LogP contribution in [0.25, 0.3) is 0 Å². The molecule has 0 bridgehead atoms. The van der Waals surface area contributed by atoms with Gasteiger partial charge in [0.05, 0.1) is 0 Å². The Hall–Kier alpha value is -1.00. The summed E-state index contributed by atoms with van der Waals surface area (Å²) in [6, 6.07) is 13.1. The fourth-order valence-electron chi connectivity index (χ4n) is 2.46. The van der Waals surface area contributed by atoms with E-state index in [2.05, 4.69) is 113 Å².